The van der Waals surface area contributed by atoms with Crippen molar-refractivity contribution < 1.29 is 13.9 Å². The molecule has 0 atom stereocenters. The van der Waals surface area contributed by atoms with Gasteiger partial charge < -0.3 is 9.15 Å². The highest BCUT2D eigenvalue weighted by Gasteiger charge is 2.20. The van der Waals surface area contributed by atoms with Crippen LogP contribution in [0.15, 0.2) is 33.5 Å². The maximum Gasteiger partial charge on any atom is 0.374 e. The van der Waals surface area contributed by atoms with Crippen LogP contribution in [0, 0.1) is 0 Å². The van der Waals surface area contributed by atoms with E-state index in [9.17, 15) is 9.59 Å². The molecule has 5 heteroatoms. The number of halogens is 1. The van der Waals surface area contributed by atoms with Crippen LogP contribution >= 0.6 is 15.9 Å². The summed E-state index contributed by atoms with van der Waals surface area (Å²) in [6.07, 6.45) is 0. The van der Waals surface area contributed by atoms with Crippen molar-refractivity contribution in [2.24, 2.45) is 0 Å². The number of ether oxygens (including phenoxy) is 1. The van der Waals surface area contributed by atoms with E-state index in [0.717, 1.165) is 0 Å². The number of carbonyl (C=O) groups excluding carboxylic acids is 1. The number of alkyl halides is 1. The van der Waals surface area contributed by atoms with Gasteiger partial charge in [-0.05, 0) is 19.1 Å². The second kappa shape index (κ2) is 5.35. The summed E-state index contributed by atoms with van der Waals surface area (Å²) < 4.78 is 10.4. The number of para-hydroxylation sites is 1. The molecule has 0 N–H and O–H groups in total. The first-order chi connectivity index (χ1) is 8.69. The van der Waals surface area contributed by atoms with E-state index in [1.807, 2.05) is 0 Å². The Hall–Kier alpha value is -1.62. The topological polar surface area (TPSA) is 56.5 Å². The molecule has 0 saturated carbocycles. The first-order valence-electron chi connectivity index (χ1n) is 5.46. The molecular weight excluding hydrogens is 300 g/mol. The Morgan fingerprint density at radius 1 is 1.39 bits per heavy atom. The third-order valence-corrected chi connectivity index (χ3v) is 3.05. The van der Waals surface area contributed by atoms with E-state index >= 15 is 0 Å². The van der Waals surface area contributed by atoms with Crippen LogP contribution in [0.4, 0.5) is 0 Å². The van der Waals surface area contributed by atoms with E-state index < -0.39 is 5.97 Å². The summed E-state index contributed by atoms with van der Waals surface area (Å²) in [4.78, 5) is 23.9. The predicted octanol–water partition coefficient (Wildman–Crippen LogP) is 2.86. The molecule has 0 amide bonds. The summed E-state index contributed by atoms with van der Waals surface area (Å²) >= 11 is 3.20. The lowest BCUT2D eigenvalue weighted by Crippen LogP contribution is -2.16. The van der Waals surface area contributed by atoms with Crippen molar-refractivity contribution in [3.8, 4) is 0 Å². The van der Waals surface area contributed by atoms with Crippen molar-refractivity contribution in [1.29, 1.82) is 0 Å². The average Bonchev–Trinajstić information content (AvgIpc) is 2.39. The zero-order chi connectivity index (χ0) is 13.1. The molecule has 0 aliphatic rings. The van der Waals surface area contributed by atoms with Gasteiger partial charge in [-0.15, -0.1) is 0 Å². The van der Waals surface area contributed by atoms with Gasteiger partial charge in [0.2, 0.25) is 5.76 Å². The minimum atomic E-state index is -0.616. The summed E-state index contributed by atoms with van der Waals surface area (Å²) in [5.41, 5.74) is 0.458. The highest BCUT2D eigenvalue weighted by molar-refractivity contribution is 9.08. The van der Waals surface area contributed by atoms with Crippen LogP contribution in [0.3, 0.4) is 0 Å². The Morgan fingerprint density at radius 2 is 2.11 bits per heavy atom. The third kappa shape index (κ3) is 2.18. The predicted molar refractivity (Wildman–Crippen MR) is 71.1 cm³/mol. The number of rotatable bonds is 3. The van der Waals surface area contributed by atoms with E-state index in [-0.39, 0.29) is 28.7 Å². The first kappa shape index (κ1) is 12.8. The Labute approximate surface area is 112 Å². The van der Waals surface area contributed by atoms with Crippen molar-refractivity contribution in [3.63, 3.8) is 0 Å². The molecule has 2 rings (SSSR count). The highest BCUT2D eigenvalue weighted by Crippen LogP contribution is 2.18. The molecule has 0 aliphatic heterocycles. The molecule has 1 aromatic heterocycles. The zero-order valence-electron chi connectivity index (χ0n) is 9.73. The van der Waals surface area contributed by atoms with Gasteiger partial charge in [0.05, 0.1) is 17.6 Å². The minimum Gasteiger partial charge on any atom is -0.460 e. The van der Waals surface area contributed by atoms with Gasteiger partial charge in [-0.2, -0.15) is 0 Å². The standard InChI is InChI=1S/C13H11BrO4/c1-2-17-13(16)12-9(7-14)11(15)8-5-3-4-6-10(8)18-12/h3-6H,2,7H2,1H3. The van der Waals surface area contributed by atoms with Crippen LogP contribution in [-0.2, 0) is 10.1 Å². The highest BCUT2D eigenvalue weighted by atomic mass is 79.9. The SMILES string of the molecule is CCOC(=O)c1oc2ccccc2c(=O)c1CBr. The van der Waals surface area contributed by atoms with Gasteiger partial charge in [-0.1, -0.05) is 28.1 Å². The molecule has 0 spiro atoms. The molecular formula is C13H11BrO4. The van der Waals surface area contributed by atoms with Crippen molar-refractivity contribution in [2.75, 3.05) is 6.61 Å². The number of benzene rings is 1. The first-order valence-corrected chi connectivity index (χ1v) is 6.59. The number of esters is 1. The van der Waals surface area contributed by atoms with Crippen molar-refractivity contribution in [2.45, 2.75) is 12.3 Å². The molecule has 0 bridgehead atoms. The number of fused-ring (bicyclic) bond motifs is 1. The van der Waals surface area contributed by atoms with Crippen LogP contribution in [0.5, 0.6) is 0 Å². The Kier molecular flexibility index (Phi) is 3.81. The van der Waals surface area contributed by atoms with E-state index in [4.69, 9.17) is 9.15 Å². The van der Waals surface area contributed by atoms with Crippen molar-refractivity contribution >= 4 is 32.9 Å². The second-order valence-corrected chi connectivity index (χ2v) is 4.15. The van der Waals surface area contributed by atoms with E-state index in [2.05, 4.69) is 15.9 Å². The lowest BCUT2D eigenvalue weighted by atomic mass is 10.1. The summed E-state index contributed by atoms with van der Waals surface area (Å²) in [6.45, 7) is 1.93. The number of hydrogen-bond acceptors (Lipinski definition) is 4. The van der Waals surface area contributed by atoms with Gasteiger partial charge in [-0.25, -0.2) is 4.79 Å². The maximum atomic E-state index is 12.2. The molecule has 2 aromatic rings. The second-order valence-electron chi connectivity index (χ2n) is 3.59. The maximum absolute atomic E-state index is 12.2. The van der Waals surface area contributed by atoms with Crippen molar-refractivity contribution in [3.05, 3.63) is 45.8 Å². The molecule has 94 valence electrons. The van der Waals surface area contributed by atoms with Gasteiger partial charge in [0.1, 0.15) is 5.58 Å². The fourth-order valence-electron chi connectivity index (χ4n) is 1.66. The Bertz CT molecular complexity index is 645. The molecule has 0 fully saturated rings. The van der Waals surface area contributed by atoms with E-state index in [1.54, 1.807) is 31.2 Å². The molecule has 0 aliphatic carbocycles. The van der Waals surface area contributed by atoms with Gasteiger partial charge in [-0.3, -0.25) is 4.79 Å². The number of carbonyl (C=O) groups is 1. The zero-order valence-corrected chi connectivity index (χ0v) is 11.3. The molecule has 0 saturated heterocycles. The van der Waals surface area contributed by atoms with Gasteiger partial charge in [0.25, 0.3) is 0 Å². The van der Waals surface area contributed by atoms with Crippen LogP contribution in [0.1, 0.15) is 23.0 Å². The van der Waals surface area contributed by atoms with Gasteiger partial charge in [0, 0.05) is 5.33 Å². The minimum absolute atomic E-state index is 0.0302. The van der Waals surface area contributed by atoms with Crippen LogP contribution in [0.2, 0.25) is 0 Å². The summed E-state index contributed by atoms with van der Waals surface area (Å²) in [5, 5.41) is 0.703. The molecule has 0 radical (unpaired) electrons. The lowest BCUT2D eigenvalue weighted by molar-refractivity contribution is 0.0489. The Morgan fingerprint density at radius 3 is 2.78 bits per heavy atom. The fraction of sp³-hybridized carbons (Fsp3) is 0.231. The Balaban J connectivity index is 2.73. The smallest absolute Gasteiger partial charge is 0.374 e. The van der Waals surface area contributed by atoms with Crippen LogP contribution in [-0.4, -0.2) is 12.6 Å². The molecule has 1 heterocycles. The quantitative estimate of drug-likeness (QED) is 0.646. The van der Waals surface area contributed by atoms with Crippen molar-refractivity contribution in [1.82, 2.24) is 0 Å². The third-order valence-electron chi connectivity index (χ3n) is 2.49. The van der Waals surface area contributed by atoms with E-state index in [0.29, 0.717) is 11.0 Å². The van der Waals surface area contributed by atoms with Crippen LogP contribution < -0.4 is 5.43 Å². The molecule has 0 unspecified atom stereocenters. The fourth-order valence-corrected chi connectivity index (χ4v) is 2.17. The summed E-state index contributed by atoms with van der Waals surface area (Å²) in [5.74, 6) is -0.646. The normalized spacial score (nSPS) is 10.6. The van der Waals surface area contributed by atoms with E-state index in [1.165, 1.54) is 0 Å². The monoisotopic (exact) mass is 310 g/mol. The van der Waals surface area contributed by atoms with Crippen LogP contribution in [0.25, 0.3) is 11.0 Å². The summed E-state index contributed by atoms with van der Waals surface area (Å²) in [6, 6.07) is 6.81. The molecule has 18 heavy (non-hydrogen) atoms. The lowest BCUT2D eigenvalue weighted by Gasteiger charge is -2.06. The molecule has 1 aromatic carbocycles. The number of hydrogen-bond donors (Lipinski definition) is 0. The van der Waals surface area contributed by atoms with Gasteiger partial charge >= 0.3 is 5.97 Å². The largest absolute Gasteiger partial charge is 0.460 e. The average molecular weight is 311 g/mol. The summed E-state index contributed by atoms with van der Waals surface area (Å²) in [7, 11) is 0. The molecule has 4 nitrogen and oxygen atoms in total. The van der Waals surface area contributed by atoms with Gasteiger partial charge in [0.15, 0.2) is 5.43 Å².